The maximum Gasteiger partial charge on any atom is 0.197 e. The van der Waals surface area contributed by atoms with Crippen LogP contribution in [0.3, 0.4) is 0 Å². The first-order chi connectivity index (χ1) is 10.5. The highest BCUT2D eigenvalue weighted by molar-refractivity contribution is 9.10. The molecule has 0 amide bonds. The summed E-state index contributed by atoms with van der Waals surface area (Å²) in [5, 5.41) is 11.0. The van der Waals surface area contributed by atoms with E-state index in [1.807, 2.05) is 0 Å². The van der Waals surface area contributed by atoms with Gasteiger partial charge in [-0.15, -0.1) is 0 Å². The highest BCUT2D eigenvalue weighted by Gasteiger charge is 2.43. The van der Waals surface area contributed by atoms with Crippen LogP contribution in [0.15, 0.2) is 22.7 Å². The Morgan fingerprint density at radius 2 is 2.09 bits per heavy atom. The number of Topliss-reactive ketones (excluding diaryl/α,β-unsaturated/α-hetero) is 1. The molecule has 2 fully saturated rings. The quantitative estimate of drug-likeness (QED) is 0.810. The third-order valence-corrected chi connectivity index (χ3v) is 5.45. The fraction of sp³-hybridized carbons (Fsp3) is 0.588. The van der Waals surface area contributed by atoms with Gasteiger partial charge in [0.05, 0.1) is 5.56 Å². The van der Waals surface area contributed by atoms with Crippen molar-refractivity contribution in [3.05, 3.63) is 34.1 Å². The molecule has 120 valence electrons. The highest BCUT2D eigenvalue weighted by atomic mass is 79.9. The number of nitrogens with zero attached hydrogens (tertiary/aromatic N) is 1. The van der Waals surface area contributed by atoms with E-state index in [0.717, 1.165) is 32.4 Å². The van der Waals surface area contributed by atoms with Gasteiger partial charge in [-0.05, 0) is 63.4 Å². The largest absolute Gasteiger partial charge is 0.382 e. The van der Waals surface area contributed by atoms with Crippen LogP contribution in [0.25, 0.3) is 0 Å². The van der Waals surface area contributed by atoms with Crippen molar-refractivity contribution < 1.29 is 14.3 Å². The topological polar surface area (TPSA) is 40.5 Å². The number of hydrogen-bond acceptors (Lipinski definition) is 3. The molecule has 1 aromatic carbocycles. The van der Waals surface area contributed by atoms with Gasteiger partial charge in [0.25, 0.3) is 0 Å². The fourth-order valence-electron chi connectivity index (χ4n) is 3.78. The molecule has 0 spiro atoms. The van der Waals surface area contributed by atoms with Gasteiger partial charge in [-0.1, -0.05) is 22.4 Å². The van der Waals surface area contributed by atoms with Crippen molar-refractivity contribution in [1.82, 2.24) is 4.90 Å². The predicted octanol–water partition coefficient (Wildman–Crippen LogP) is 3.54. The summed E-state index contributed by atoms with van der Waals surface area (Å²) >= 11 is 3.27. The van der Waals surface area contributed by atoms with Crippen molar-refractivity contribution in [1.29, 1.82) is 0 Å². The molecule has 22 heavy (non-hydrogen) atoms. The average molecular weight is 370 g/mol. The third kappa shape index (κ3) is 3.12. The molecular formula is C17H21BrFNO2. The lowest BCUT2D eigenvalue weighted by Gasteiger charge is -2.36. The lowest BCUT2D eigenvalue weighted by molar-refractivity contribution is 0.0124. The molecule has 2 heterocycles. The number of benzene rings is 1. The smallest absolute Gasteiger partial charge is 0.197 e. The van der Waals surface area contributed by atoms with Crippen LogP contribution in [0.5, 0.6) is 0 Å². The number of piperidine rings is 1. The maximum absolute atomic E-state index is 14.0. The molecule has 0 aromatic heterocycles. The molecule has 2 atom stereocenters. The molecule has 2 saturated heterocycles. The Hall–Kier alpha value is -0.780. The Labute approximate surface area is 138 Å². The molecule has 2 aliphatic rings. The summed E-state index contributed by atoms with van der Waals surface area (Å²) in [6, 6.07) is 4.54. The SMILES string of the molecule is O=C(c1cc(Br)ccc1F)C1(O)CCCN2CCCCC2C1. The first-order valence-electron chi connectivity index (χ1n) is 7.96. The lowest BCUT2D eigenvalue weighted by atomic mass is 9.82. The minimum absolute atomic E-state index is 0.0128. The molecule has 1 aromatic rings. The van der Waals surface area contributed by atoms with Gasteiger partial charge in [-0.2, -0.15) is 0 Å². The summed E-state index contributed by atoms with van der Waals surface area (Å²) in [4.78, 5) is 15.2. The molecule has 2 aliphatic heterocycles. The van der Waals surface area contributed by atoms with Crippen LogP contribution in [0.1, 0.15) is 48.9 Å². The molecule has 0 radical (unpaired) electrons. The van der Waals surface area contributed by atoms with Crippen LogP contribution < -0.4 is 0 Å². The van der Waals surface area contributed by atoms with Gasteiger partial charge in [-0.25, -0.2) is 4.39 Å². The van der Waals surface area contributed by atoms with E-state index in [2.05, 4.69) is 20.8 Å². The summed E-state index contributed by atoms with van der Waals surface area (Å²) in [5.74, 6) is -1.04. The first-order valence-corrected chi connectivity index (χ1v) is 8.75. The standard InChI is InChI=1S/C17H21BrFNO2/c18-12-5-6-15(19)14(10-12)16(21)17(22)7-3-9-20-8-2-1-4-13(20)11-17/h5-6,10,13,22H,1-4,7-9,11H2. The van der Waals surface area contributed by atoms with E-state index in [0.29, 0.717) is 17.3 Å². The van der Waals surface area contributed by atoms with E-state index in [9.17, 15) is 14.3 Å². The van der Waals surface area contributed by atoms with Gasteiger partial charge < -0.3 is 10.0 Å². The third-order valence-electron chi connectivity index (χ3n) is 4.95. The van der Waals surface area contributed by atoms with Crippen molar-refractivity contribution in [2.45, 2.75) is 50.2 Å². The molecule has 2 unspecified atom stereocenters. The Morgan fingerprint density at radius 3 is 2.91 bits per heavy atom. The maximum atomic E-state index is 14.0. The monoisotopic (exact) mass is 369 g/mol. The van der Waals surface area contributed by atoms with E-state index in [1.54, 1.807) is 6.07 Å². The summed E-state index contributed by atoms with van der Waals surface area (Å²) in [6.07, 6.45) is 4.92. The minimum Gasteiger partial charge on any atom is -0.382 e. The van der Waals surface area contributed by atoms with E-state index in [1.165, 1.54) is 18.6 Å². The number of hydrogen-bond donors (Lipinski definition) is 1. The minimum atomic E-state index is -1.45. The zero-order valence-electron chi connectivity index (χ0n) is 12.5. The second-order valence-electron chi connectivity index (χ2n) is 6.48. The van der Waals surface area contributed by atoms with Gasteiger partial charge in [-0.3, -0.25) is 4.79 Å². The van der Waals surface area contributed by atoms with Crippen molar-refractivity contribution >= 4 is 21.7 Å². The van der Waals surface area contributed by atoms with Crippen molar-refractivity contribution in [3.8, 4) is 0 Å². The number of carbonyl (C=O) groups excluding carboxylic acids is 1. The Bertz CT molecular complexity index is 580. The average Bonchev–Trinajstić information content (AvgIpc) is 2.68. The predicted molar refractivity (Wildman–Crippen MR) is 86.4 cm³/mol. The van der Waals surface area contributed by atoms with Gasteiger partial charge in [0.1, 0.15) is 11.4 Å². The van der Waals surface area contributed by atoms with Gasteiger partial charge >= 0.3 is 0 Å². The van der Waals surface area contributed by atoms with Crippen molar-refractivity contribution in [2.24, 2.45) is 0 Å². The van der Waals surface area contributed by atoms with Crippen molar-refractivity contribution in [3.63, 3.8) is 0 Å². The summed E-state index contributed by atoms with van der Waals surface area (Å²) in [7, 11) is 0. The number of aliphatic hydroxyl groups is 1. The number of rotatable bonds is 2. The molecule has 3 nitrogen and oxygen atoms in total. The van der Waals surface area contributed by atoms with E-state index < -0.39 is 17.2 Å². The van der Waals surface area contributed by atoms with E-state index in [-0.39, 0.29) is 11.6 Å². The van der Waals surface area contributed by atoms with Crippen LogP contribution in [0.4, 0.5) is 4.39 Å². The Morgan fingerprint density at radius 1 is 1.32 bits per heavy atom. The van der Waals surface area contributed by atoms with Gasteiger partial charge in [0, 0.05) is 10.5 Å². The molecule has 5 heteroatoms. The fourth-order valence-corrected chi connectivity index (χ4v) is 4.14. The van der Waals surface area contributed by atoms with Crippen molar-refractivity contribution in [2.75, 3.05) is 13.1 Å². The van der Waals surface area contributed by atoms with Gasteiger partial charge in [0.2, 0.25) is 0 Å². The number of fused-ring (bicyclic) bond motifs is 1. The summed E-state index contributed by atoms with van der Waals surface area (Å²) in [6.45, 7) is 1.96. The van der Waals surface area contributed by atoms with Crippen LogP contribution >= 0.6 is 15.9 Å². The Kier molecular flexibility index (Phi) is 4.67. The second-order valence-corrected chi connectivity index (χ2v) is 7.39. The molecule has 0 aliphatic carbocycles. The highest BCUT2D eigenvalue weighted by Crippen LogP contribution is 2.34. The zero-order chi connectivity index (χ0) is 15.7. The molecule has 0 saturated carbocycles. The Balaban J connectivity index is 1.87. The lowest BCUT2D eigenvalue weighted by Crippen LogP contribution is -2.46. The molecule has 0 bridgehead atoms. The normalized spacial score (nSPS) is 29.7. The number of carbonyl (C=O) groups is 1. The number of halogens is 2. The number of ketones is 1. The van der Waals surface area contributed by atoms with Crippen LogP contribution in [-0.2, 0) is 0 Å². The van der Waals surface area contributed by atoms with E-state index in [4.69, 9.17) is 0 Å². The molecule has 1 N–H and O–H groups in total. The van der Waals surface area contributed by atoms with Gasteiger partial charge in [0.15, 0.2) is 5.78 Å². The van der Waals surface area contributed by atoms with Crippen LogP contribution in [0.2, 0.25) is 0 Å². The zero-order valence-corrected chi connectivity index (χ0v) is 14.1. The summed E-state index contributed by atoms with van der Waals surface area (Å²) < 4.78 is 14.7. The van der Waals surface area contributed by atoms with E-state index >= 15 is 0 Å². The first kappa shape index (κ1) is 16.1. The molecule has 3 rings (SSSR count). The van der Waals surface area contributed by atoms with Crippen LogP contribution in [-0.4, -0.2) is 40.5 Å². The molecular weight excluding hydrogens is 349 g/mol. The second kappa shape index (κ2) is 6.38. The summed E-state index contributed by atoms with van der Waals surface area (Å²) in [5.41, 5.74) is -1.46. The van der Waals surface area contributed by atoms with Crippen LogP contribution in [0, 0.1) is 5.82 Å².